The molecule has 0 bridgehead atoms. The van der Waals surface area contributed by atoms with E-state index in [9.17, 15) is 4.57 Å². The van der Waals surface area contributed by atoms with E-state index < -0.39 is 28.7 Å². The van der Waals surface area contributed by atoms with Gasteiger partial charge in [-0.3, -0.25) is 0 Å². The molecule has 3 nitrogen and oxygen atoms in total. The van der Waals surface area contributed by atoms with Crippen molar-refractivity contribution in [2.45, 2.75) is 33.3 Å². The van der Waals surface area contributed by atoms with Gasteiger partial charge in [-0.15, -0.1) is 78.7 Å². The molecule has 0 radical (unpaired) electrons. The van der Waals surface area contributed by atoms with Crippen molar-refractivity contribution in [2.24, 2.45) is 0 Å². The summed E-state index contributed by atoms with van der Waals surface area (Å²) in [6.45, 7) is 0.0422. The zero-order valence-corrected chi connectivity index (χ0v) is 14.5. The van der Waals surface area contributed by atoms with Crippen molar-refractivity contribution < 1.29 is 13.6 Å². The zero-order chi connectivity index (χ0) is 14.1. The lowest BCUT2D eigenvalue weighted by Crippen LogP contribution is -2.12. The second-order valence-electron chi connectivity index (χ2n) is 3.26. The maximum Gasteiger partial charge on any atom is 0.697 e. The first-order valence-corrected chi connectivity index (χ1v) is 8.60. The highest BCUT2D eigenvalue weighted by Gasteiger charge is 2.25. The van der Waals surface area contributed by atoms with Crippen molar-refractivity contribution in [1.82, 2.24) is 0 Å². The predicted molar refractivity (Wildman–Crippen MR) is 79.0 cm³/mol. The molecule has 0 rings (SSSR count). The highest BCUT2D eigenvalue weighted by atomic mass is 35.5. The topological polar surface area (TPSA) is 35.5 Å². The Morgan fingerprint density at radius 1 is 0.778 bits per heavy atom. The van der Waals surface area contributed by atoms with Crippen LogP contribution >= 0.6 is 77.9 Å². The molecule has 0 aromatic heterocycles. The Bertz CT molecular complexity index is 221. The van der Waals surface area contributed by atoms with E-state index in [-0.39, 0.29) is 13.2 Å². The summed E-state index contributed by atoms with van der Waals surface area (Å²) in [5, 5.41) is -0.871. The molecule has 0 N–H and O–H groups in total. The Hall–Kier alpha value is 1.76. The highest BCUT2D eigenvalue weighted by molar-refractivity contribution is 7.33. The monoisotopic (exact) mass is 397 g/mol. The van der Waals surface area contributed by atoms with Crippen molar-refractivity contribution in [1.29, 1.82) is 0 Å². The largest absolute Gasteiger partial charge is 0.697 e. The Balaban J connectivity index is 3.65. The zero-order valence-electron chi connectivity index (χ0n) is 9.08. The molecule has 0 amide bonds. The maximum absolute atomic E-state index is 11.3. The summed E-state index contributed by atoms with van der Waals surface area (Å²) in [5.74, 6) is 0. The van der Waals surface area contributed by atoms with Gasteiger partial charge >= 0.3 is 8.25 Å². The van der Waals surface area contributed by atoms with E-state index in [1.165, 1.54) is 0 Å². The molecule has 0 aliphatic carbocycles. The van der Waals surface area contributed by atoms with Gasteiger partial charge < -0.3 is 0 Å². The van der Waals surface area contributed by atoms with Crippen LogP contribution in [-0.2, 0) is 13.6 Å². The van der Waals surface area contributed by atoms with Gasteiger partial charge in [0.15, 0.2) is 0 Å². The minimum atomic E-state index is -2.29. The summed E-state index contributed by atoms with van der Waals surface area (Å²) in [5.41, 5.74) is 0. The molecule has 2 atom stereocenters. The molecule has 108 valence electrons. The lowest BCUT2D eigenvalue weighted by molar-refractivity contribution is 0.223. The Morgan fingerprint density at radius 3 is 1.39 bits per heavy atom. The summed E-state index contributed by atoms with van der Waals surface area (Å²) >= 11 is 33.7. The third kappa shape index (κ3) is 12.8. The van der Waals surface area contributed by atoms with Crippen LogP contribution in [0.3, 0.4) is 0 Å². The average Bonchev–Trinajstić information content (AvgIpc) is 2.21. The molecule has 18 heavy (non-hydrogen) atoms. The molecule has 0 aromatic rings. The molecule has 0 spiro atoms. The first-order valence-electron chi connectivity index (χ1n) is 4.88. The molecule has 0 aliphatic heterocycles. The molecule has 0 heterocycles. The highest BCUT2D eigenvalue weighted by Crippen LogP contribution is 2.27. The first kappa shape index (κ1) is 19.8. The first-order chi connectivity index (χ1) is 8.31. The van der Waals surface area contributed by atoms with Gasteiger partial charge in [0.05, 0.1) is 10.8 Å². The Labute approximate surface area is 137 Å². The van der Waals surface area contributed by atoms with Gasteiger partial charge in [-0.2, -0.15) is 0 Å². The van der Waals surface area contributed by atoms with E-state index in [0.29, 0.717) is 12.8 Å². The summed E-state index contributed by atoms with van der Waals surface area (Å²) in [6, 6.07) is 0. The second kappa shape index (κ2) is 11.4. The van der Waals surface area contributed by atoms with E-state index in [0.717, 1.165) is 0 Å². The summed E-state index contributed by atoms with van der Waals surface area (Å²) in [4.78, 5) is -1.18. The molecule has 0 aliphatic rings. The van der Waals surface area contributed by atoms with E-state index in [2.05, 4.69) is 0 Å². The van der Waals surface area contributed by atoms with Gasteiger partial charge in [-0.1, -0.05) is 0 Å². The number of halogens is 6. The third-order valence-corrected chi connectivity index (χ3v) is 3.63. The Morgan fingerprint density at radius 2 is 1.11 bits per heavy atom. The standard InChI is InChI=1S/C8H12Cl6O3P/c9-5(1-7(11)12)3-16-18(15)17-4-6(10)2-8(13)14/h5-8H,1-4H2/q+1. The van der Waals surface area contributed by atoms with Crippen molar-refractivity contribution >= 4 is 77.9 Å². The number of hydrogen-bond donors (Lipinski definition) is 0. The number of rotatable bonds is 10. The molecule has 0 saturated carbocycles. The van der Waals surface area contributed by atoms with Gasteiger partial charge in [0.1, 0.15) is 22.9 Å². The van der Waals surface area contributed by atoms with Crippen LogP contribution in [0.4, 0.5) is 0 Å². The van der Waals surface area contributed by atoms with Crippen LogP contribution in [0.15, 0.2) is 0 Å². The fraction of sp³-hybridized carbons (Fsp3) is 1.00. The summed E-state index contributed by atoms with van der Waals surface area (Å²) in [6.07, 6.45) is 0.651. The third-order valence-electron chi connectivity index (χ3n) is 1.59. The fourth-order valence-electron chi connectivity index (χ4n) is 0.843. The molecule has 0 fully saturated rings. The van der Waals surface area contributed by atoms with Crippen LogP contribution in [0.25, 0.3) is 0 Å². The molecular formula is C8H12Cl6O3P+. The van der Waals surface area contributed by atoms with Crippen LogP contribution in [0, 0.1) is 0 Å². The van der Waals surface area contributed by atoms with Crippen molar-refractivity contribution in [3.05, 3.63) is 0 Å². The lowest BCUT2D eigenvalue weighted by atomic mass is 10.3. The molecule has 0 saturated heterocycles. The summed E-state index contributed by atoms with van der Waals surface area (Å²) in [7, 11) is -2.29. The number of alkyl halides is 6. The summed E-state index contributed by atoms with van der Waals surface area (Å²) < 4.78 is 21.0. The molecule has 10 heteroatoms. The van der Waals surface area contributed by atoms with Crippen molar-refractivity contribution in [3.8, 4) is 0 Å². The average molecular weight is 400 g/mol. The quantitative estimate of drug-likeness (QED) is 0.370. The smallest absolute Gasteiger partial charge is 0.120 e. The normalized spacial score (nSPS) is 16.1. The van der Waals surface area contributed by atoms with Crippen molar-refractivity contribution in [3.63, 3.8) is 0 Å². The van der Waals surface area contributed by atoms with Crippen molar-refractivity contribution in [2.75, 3.05) is 13.2 Å². The molecule has 0 aromatic carbocycles. The van der Waals surface area contributed by atoms with Gasteiger partial charge in [0, 0.05) is 4.57 Å². The maximum atomic E-state index is 11.3. The van der Waals surface area contributed by atoms with Gasteiger partial charge in [0.25, 0.3) is 0 Å². The van der Waals surface area contributed by atoms with E-state index >= 15 is 0 Å². The number of hydrogen-bond acceptors (Lipinski definition) is 3. The molecule has 2 unspecified atom stereocenters. The Kier molecular flexibility index (Phi) is 12.5. The fourth-order valence-corrected chi connectivity index (χ4v) is 3.40. The van der Waals surface area contributed by atoms with Crippen LogP contribution < -0.4 is 0 Å². The minimum Gasteiger partial charge on any atom is -0.120 e. The van der Waals surface area contributed by atoms with Crippen LogP contribution in [0.1, 0.15) is 12.8 Å². The van der Waals surface area contributed by atoms with E-state index in [1.54, 1.807) is 0 Å². The second-order valence-corrected chi connectivity index (χ2v) is 8.02. The van der Waals surface area contributed by atoms with Crippen LogP contribution in [-0.4, -0.2) is 33.6 Å². The lowest BCUT2D eigenvalue weighted by Gasteiger charge is -2.06. The van der Waals surface area contributed by atoms with Gasteiger partial charge in [0.2, 0.25) is 0 Å². The SMILES string of the molecule is O=[P+](OCC(Cl)CC(Cl)Cl)OCC(Cl)CC(Cl)Cl. The van der Waals surface area contributed by atoms with Crippen LogP contribution in [0.5, 0.6) is 0 Å². The van der Waals surface area contributed by atoms with E-state index in [4.69, 9.17) is 78.7 Å². The minimum absolute atomic E-state index is 0.0211. The van der Waals surface area contributed by atoms with Crippen LogP contribution in [0.2, 0.25) is 0 Å². The predicted octanol–water partition coefficient (Wildman–Crippen LogP) is 5.28. The molecular weight excluding hydrogens is 388 g/mol. The van der Waals surface area contributed by atoms with Gasteiger partial charge in [-0.05, 0) is 12.8 Å². The van der Waals surface area contributed by atoms with Gasteiger partial charge in [-0.25, -0.2) is 0 Å². The van der Waals surface area contributed by atoms with E-state index in [1.807, 2.05) is 0 Å².